The number of hydrogen-bond donors (Lipinski definition) is 3. The smallest absolute Gasteiger partial charge is 0.240 e. The van der Waals surface area contributed by atoms with Crippen LogP contribution in [0.2, 0.25) is 0 Å². The molecule has 6 nitrogen and oxygen atoms in total. The lowest BCUT2D eigenvalue weighted by Gasteiger charge is -2.16. The zero-order valence-electron chi connectivity index (χ0n) is 15.7. The van der Waals surface area contributed by atoms with Crippen LogP contribution in [0.5, 0.6) is 0 Å². The van der Waals surface area contributed by atoms with Crippen LogP contribution in [0, 0.1) is 5.92 Å². The van der Waals surface area contributed by atoms with Crippen LogP contribution in [0.4, 0.5) is 0 Å². The van der Waals surface area contributed by atoms with E-state index in [1.807, 2.05) is 0 Å². The van der Waals surface area contributed by atoms with Crippen LogP contribution in [-0.4, -0.2) is 35.0 Å². The van der Waals surface area contributed by atoms with Crippen molar-refractivity contribution >= 4 is 51.3 Å². The number of benzene rings is 1. The highest BCUT2D eigenvalue weighted by molar-refractivity contribution is 14.0. The Kier molecular flexibility index (Phi) is 10.3. The van der Waals surface area contributed by atoms with Crippen molar-refractivity contribution < 1.29 is 8.42 Å². The molecule has 0 aliphatic rings. The van der Waals surface area contributed by atoms with Gasteiger partial charge in [-0.2, -0.15) is 0 Å². The Bertz CT molecular complexity index is 806. The molecule has 0 saturated carbocycles. The molecule has 1 heterocycles. The van der Waals surface area contributed by atoms with Crippen molar-refractivity contribution in [3.63, 3.8) is 0 Å². The van der Waals surface area contributed by atoms with Crippen molar-refractivity contribution in [2.45, 2.75) is 24.8 Å². The van der Waals surface area contributed by atoms with Gasteiger partial charge in [0.25, 0.3) is 0 Å². The fraction of sp³-hybridized carbons (Fsp3) is 0.389. The summed E-state index contributed by atoms with van der Waals surface area (Å²) in [6.45, 7) is 3.61. The van der Waals surface area contributed by atoms with E-state index in [1.54, 1.807) is 42.6 Å². The first kappa shape index (κ1) is 23.9. The molecule has 0 aliphatic carbocycles. The van der Waals surface area contributed by atoms with Crippen LogP contribution in [0.3, 0.4) is 0 Å². The van der Waals surface area contributed by atoms with Crippen molar-refractivity contribution in [2.24, 2.45) is 10.9 Å². The fourth-order valence-corrected chi connectivity index (χ4v) is 4.03. The minimum Gasteiger partial charge on any atom is -0.356 e. The average Bonchev–Trinajstić information content (AvgIpc) is 3.15. The van der Waals surface area contributed by atoms with Crippen molar-refractivity contribution in [3.05, 3.63) is 52.2 Å². The molecule has 0 fully saturated rings. The molecule has 3 N–H and O–H groups in total. The van der Waals surface area contributed by atoms with E-state index in [-0.39, 0.29) is 28.9 Å². The minimum absolute atomic E-state index is 0. The monoisotopic (exact) mass is 522 g/mol. The summed E-state index contributed by atoms with van der Waals surface area (Å²) in [4.78, 5) is 5.88. The largest absolute Gasteiger partial charge is 0.356 e. The maximum atomic E-state index is 11.7. The van der Waals surface area contributed by atoms with Gasteiger partial charge >= 0.3 is 0 Å². The Morgan fingerprint density at radius 3 is 2.44 bits per heavy atom. The maximum absolute atomic E-state index is 11.7. The number of hydrogen-bond acceptors (Lipinski definition) is 4. The fourth-order valence-electron chi connectivity index (χ4n) is 2.43. The molecule has 1 atom stereocenters. The van der Waals surface area contributed by atoms with Gasteiger partial charge in [0.15, 0.2) is 5.96 Å². The van der Waals surface area contributed by atoms with Crippen LogP contribution in [0.1, 0.15) is 17.4 Å². The van der Waals surface area contributed by atoms with Gasteiger partial charge in [0.05, 0.1) is 4.90 Å². The summed E-state index contributed by atoms with van der Waals surface area (Å²) in [7, 11) is -0.256. The highest BCUT2D eigenvalue weighted by Gasteiger charge is 2.10. The summed E-state index contributed by atoms with van der Waals surface area (Å²) in [6.07, 6.45) is 1.04. The van der Waals surface area contributed by atoms with Gasteiger partial charge < -0.3 is 10.6 Å². The van der Waals surface area contributed by atoms with Crippen LogP contribution in [0.25, 0.3) is 0 Å². The zero-order chi connectivity index (χ0) is 19.0. The molecule has 1 unspecified atom stereocenters. The lowest BCUT2D eigenvalue weighted by Crippen LogP contribution is -2.39. The number of nitrogens with zero attached hydrogens (tertiary/aromatic N) is 1. The van der Waals surface area contributed by atoms with E-state index in [4.69, 9.17) is 0 Å². The SMILES string of the molecule is CN=C(NCc1ccc(S(=O)(=O)NC)cc1)NCC(C)Cc1cccs1.I. The molecule has 150 valence electrons. The minimum atomic E-state index is -3.40. The summed E-state index contributed by atoms with van der Waals surface area (Å²) in [5.74, 6) is 1.23. The molecule has 0 aliphatic heterocycles. The van der Waals surface area contributed by atoms with Gasteiger partial charge in [0, 0.05) is 25.0 Å². The van der Waals surface area contributed by atoms with Gasteiger partial charge in [0.1, 0.15) is 0 Å². The first-order valence-electron chi connectivity index (χ1n) is 8.44. The average molecular weight is 522 g/mol. The third kappa shape index (κ3) is 7.76. The Morgan fingerprint density at radius 1 is 1.19 bits per heavy atom. The van der Waals surface area contributed by atoms with Gasteiger partial charge in [-0.05, 0) is 48.5 Å². The molecule has 2 rings (SSSR count). The Balaban J connectivity index is 0.00000364. The first-order valence-corrected chi connectivity index (χ1v) is 10.8. The van der Waals surface area contributed by atoms with Crippen LogP contribution in [0.15, 0.2) is 51.7 Å². The maximum Gasteiger partial charge on any atom is 0.240 e. The zero-order valence-corrected chi connectivity index (χ0v) is 19.7. The standard InChI is InChI=1S/C18H26N4O2S2.HI/c1-14(11-16-5-4-10-25-16)12-21-18(19-2)22-13-15-6-8-17(9-7-15)26(23,24)20-3;/h4-10,14,20H,11-13H2,1-3H3,(H2,19,21,22);1H. The van der Waals surface area contributed by atoms with E-state index in [1.165, 1.54) is 11.9 Å². The van der Waals surface area contributed by atoms with E-state index < -0.39 is 10.0 Å². The van der Waals surface area contributed by atoms with Crippen molar-refractivity contribution in [1.29, 1.82) is 0 Å². The van der Waals surface area contributed by atoms with E-state index in [0.29, 0.717) is 12.5 Å². The number of sulfonamides is 1. The summed E-state index contributed by atoms with van der Waals surface area (Å²) in [6, 6.07) is 11.0. The van der Waals surface area contributed by atoms with Crippen LogP contribution < -0.4 is 15.4 Å². The molecule has 0 saturated heterocycles. The molecular formula is C18H27IN4O2S2. The number of aliphatic imine (C=N–C) groups is 1. The Hall–Kier alpha value is -1.17. The second kappa shape index (κ2) is 11.6. The molecule has 0 spiro atoms. The molecule has 1 aromatic heterocycles. The predicted octanol–water partition coefficient (Wildman–Crippen LogP) is 2.82. The highest BCUT2D eigenvalue weighted by Crippen LogP contribution is 2.14. The normalized spacial score (nSPS) is 12.9. The third-order valence-electron chi connectivity index (χ3n) is 3.93. The summed E-state index contributed by atoms with van der Waals surface area (Å²) in [5, 5.41) is 8.68. The molecule has 0 bridgehead atoms. The quantitative estimate of drug-likeness (QED) is 0.283. The first-order chi connectivity index (χ1) is 12.4. The van der Waals surface area contributed by atoms with E-state index in [9.17, 15) is 8.42 Å². The second-order valence-electron chi connectivity index (χ2n) is 6.05. The van der Waals surface area contributed by atoms with Gasteiger partial charge in [-0.3, -0.25) is 4.99 Å². The molecule has 1 aromatic carbocycles. The Morgan fingerprint density at radius 2 is 1.89 bits per heavy atom. The van der Waals surface area contributed by atoms with Crippen LogP contribution >= 0.6 is 35.3 Å². The van der Waals surface area contributed by atoms with E-state index >= 15 is 0 Å². The van der Waals surface area contributed by atoms with Crippen molar-refractivity contribution in [2.75, 3.05) is 20.6 Å². The number of thiophene rings is 1. The topological polar surface area (TPSA) is 82.6 Å². The third-order valence-corrected chi connectivity index (χ3v) is 6.26. The highest BCUT2D eigenvalue weighted by atomic mass is 127. The summed E-state index contributed by atoms with van der Waals surface area (Å²) >= 11 is 1.78. The van der Waals surface area contributed by atoms with Gasteiger partial charge in [-0.1, -0.05) is 25.1 Å². The van der Waals surface area contributed by atoms with E-state index in [0.717, 1.165) is 24.5 Å². The number of nitrogens with one attached hydrogen (secondary N) is 3. The molecule has 9 heteroatoms. The summed E-state index contributed by atoms with van der Waals surface area (Å²) < 4.78 is 25.8. The number of halogens is 1. The van der Waals surface area contributed by atoms with Gasteiger partial charge in [0.2, 0.25) is 10.0 Å². The number of rotatable bonds is 8. The van der Waals surface area contributed by atoms with Crippen molar-refractivity contribution in [3.8, 4) is 0 Å². The molecule has 0 amide bonds. The van der Waals surface area contributed by atoms with Gasteiger partial charge in [-0.15, -0.1) is 35.3 Å². The molecular weight excluding hydrogens is 495 g/mol. The van der Waals surface area contributed by atoms with Crippen LogP contribution in [-0.2, 0) is 23.0 Å². The molecule has 2 aromatic rings. The predicted molar refractivity (Wildman–Crippen MR) is 123 cm³/mol. The number of guanidine groups is 1. The molecule has 0 radical (unpaired) electrons. The van der Waals surface area contributed by atoms with Crippen molar-refractivity contribution in [1.82, 2.24) is 15.4 Å². The lowest BCUT2D eigenvalue weighted by atomic mass is 10.1. The Labute approximate surface area is 182 Å². The second-order valence-corrected chi connectivity index (χ2v) is 8.97. The van der Waals surface area contributed by atoms with Gasteiger partial charge in [-0.25, -0.2) is 13.1 Å². The molecule has 27 heavy (non-hydrogen) atoms. The lowest BCUT2D eigenvalue weighted by molar-refractivity contribution is 0.562. The summed E-state index contributed by atoms with van der Waals surface area (Å²) in [5.41, 5.74) is 0.981. The van der Waals surface area contributed by atoms with E-state index in [2.05, 4.69) is 44.8 Å².